The van der Waals surface area contributed by atoms with Crippen LogP contribution in [0.15, 0.2) is 18.2 Å². The van der Waals surface area contributed by atoms with E-state index in [-0.39, 0.29) is 0 Å². The van der Waals surface area contributed by atoms with Crippen LogP contribution in [0.2, 0.25) is 0 Å². The average Bonchev–Trinajstić information content (AvgIpc) is 2.31. The van der Waals surface area contributed by atoms with Gasteiger partial charge in [0.2, 0.25) is 0 Å². The van der Waals surface area contributed by atoms with Crippen LogP contribution in [0.5, 0.6) is 0 Å². The zero-order valence-corrected chi connectivity index (χ0v) is 8.73. The third-order valence-corrected chi connectivity index (χ3v) is 3.22. The first-order valence-corrected chi connectivity index (χ1v) is 5.08. The quantitative estimate of drug-likeness (QED) is 0.615. The van der Waals surface area contributed by atoms with Gasteiger partial charge in [-0.15, -0.1) is 0 Å². The Labute approximate surface area is 78.0 Å². The van der Waals surface area contributed by atoms with E-state index in [1.807, 2.05) is 0 Å². The number of thiazole rings is 1. The van der Waals surface area contributed by atoms with Crippen molar-refractivity contribution in [2.24, 2.45) is 0 Å². The molecule has 0 N–H and O–H groups in total. The number of aromatic nitrogens is 1. The van der Waals surface area contributed by atoms with Crippen molar-refractivity contribution in [2.45, 2.75) is 6.92 Å². The van der Waals surface area contributed by atoms with Gasteiger partial charge in [0, 0.05) is 0 Å². The summed E-state index contributed by atoms with van der Waals surface area (Å²) in [6.07, 6.45) is 0. The van der Waals surface area contributed by atoms with Gasteiger partial charge < -0.3 is 0 Å². The molecular formula is C8H6AsNS. The Morgan fingerprint density at radius 3 is 3.00 bits per heavy atom. The van der Waals surface area contributed by atoms with Crippen molar-refractivity contribution in [2.75, 3.05) is 0 Å². The Bertz CT molecular complexity index is 394. The molecule has 3 heteroatoms. The van der Waals surface area contributed by atoms with Crippen LogP contribution in [0.3, 0.4) is 0 Å². The second kappa shape index (κ2) is 2.61. The standard InChI is InChI=1S/C8H6AsNS/c1-5-3-2-4-6-7(5)10-8(9)11-6/h2-4H,1H3. The third-order valence-electron chi connectivity index (χ3n) is 1.61. The Morgan fingerprint density at radius 2 is 2.27 bits per heavy atom. The molecule has 1 heterocycles. The van der Waals surface area contributed by atoms with Crippen LogP contribution in [0.25, 0.3) is 10.2 Å². The number of nitrogens with zero attached hydrogens (tertiary/aromatic N) is 1. The molecule has 2 aromatic rings. The summed E-state index contributed by atoms with van der Waals surface area (Å²) in [4.78, 5) is 4.40. The van der Waals surface area contributed by atoms with E-state index in [0.29, 0.717) is 0 Å². The predicted molar refractivity (Wildman–Crippen MR) is 49.7 cm³/mol. The van der Waals surface area contributed by atoms with E-state index in [4.69, 9.17) is 0 Å². The third kappa shape index (κ3) is 1.21. The van der Waals surface area contributed by atoms with Gasteiger partial charge in [0.15, 0.2) is 0 Å². The van der Waals surface area contributed by atoms with Gasteiger partial charge in [-0.3, -0.25) is 0 Å². The van der Waals surface area contributed by atoms with Crippen molar-refractivity contribution in [1.82, 2.24) is 4.98 Å². The van der Waals surface area contributed by atoms with E-state index in [1.54, 1.807) is 11.3 Å². The van der Waals surface area contributed by atoms with Crippen molar-refractivity contribution in [3.05, 3.63) is 23.8 Å². The SMILES string of the molecule is Cc1cccc2sc([As])nc12. The predicted octanol–water partition coefficient (Wildman–Crippen LogP) is 1.40. The van der Waals surface area contributed by atoms with E-state index >= 15 is 0 Å². The summed E-state index contributed by atoms with van der Waals surface area (Å²) in [7, 11) is 0. The van der Waals surface area contributed by atoms with Crippen LogP contribution >= 0.6 is 11.3 Å². The number of aryl methyl sites for hydroxylation is 1. The van der Waals surface area contributed by atoms with Gasteiger partial charge in [0.25, 0.3) is 0 Å². The number of hydrogen-bond donors (Lipinski definition) is 0. The monoisotopic (exact) mass is 223 g/mol. The first-order chi connectivity index (χ1) is 5.27. The summed E-state index contributed by atoms with van der Waals surface area (Å²) in [6, 6.07) is 6.27. The Balaban J connectivity index is 2.90. The van der Waals surface area contributed by atoms with E-state index in [2.05, 4.69) is 47.0 Å². The van der Waals surface area contributed by atoms with Crippen molar-refractivity contribution >= 4 is 42.2 Å². The van der Waals surface area contributed by atoms with Crippen LogP contribution in [0, 0.1) is 6.92 Å². The second-order valence-corrected chi connectivity index (χ2v) is 5.00. The maximum atomic E-state index is 4.40. The normalized spacial score (nSPS) is 10.7. The summed E-state index contributed by atoms with van der Waals surface area (Å²) in [5, 5.41) is 0. The van der Waals surface area contributed by atoms with Crippen LogP contribution in [-0.2, 0) is 0 Å². The molecule has 0 aliphatic carbocycles. The van der Waals surface area contributed by atoms with Gasteiger partial charge in [0.05, 0.1) is 0 Å². The topological polar surface area (TPSA) is 12.9 Å². The van der Waals surface area contributed by atoms with E-state index in [1.165, 1.54) is 10.3 Å². The van der Waals surface area contributed by atoms with Gasteiger partial charge in [-0.25, -0.2) is 0 Å². The molecule has 1 aromatic heterocycles. The summed E-state index contributed by atoms with van der Waals surface area (Å²) in [5.74, 6) is 0. The molecule has 2 radical (unpaired) electrons. The fourth-order valence-electron chi connectivity index (χ4n) is 1.07. The van der Waals surface area contributed by atoms with Gasteiger partial charge in [-0.05, 0) is 0 Å². The molecule has 0 aliphatic heterocycles. The van der Waals surface area contributed by atoms with E-state index < -0.39 is 0 Å². The minimum atomic E-state index is 1.09. The molecule has 11 heavy (non-hydrogen) atoms. The Morgan fingerprint density at radius 1 is 1.45 bits per heavy atom. The molecule has 0 amide bonds. The van der Waals surface area contributed by atoms with Crippen molar-refractivity contribution in [1.29, 1.82) is 0 Å². The summed E-state index contributed by atoms with van der Waals surface area (Å²) in [5.41, 5.74) is 2.41. The second-order valence-electron chi connectivity index (χ2n) is 2.42. The minimum absolute atomic E-state index is 1.09. The summed E-state index contributed by atoms with van der Waals surface area (Å²) >= 11 is 4.21. The van der Waals surface area contributed by atoms with Gasteiger partial charge in [-0.1, -0.05) is 0 Å². The molecule has 0 saturated heterocycles. The first-order valence-electron chi connectivity index (χ1n) is 3.32. The Hall–Kier alpha value is -0.332. The molecule has 0 atom stereocenters. The molecule has 54 valence electrons. The molecule has 0 bridgehead atoms. The molecule has 0 fully saturated rings. The van der Waals surface area contributed by atoms with Crippen molar-refractivity contribution in [3.63, 3.8) is 0 Å². The number of rotatable bonds is 0. The van der Waals surface area contributed by atoms with Crippen molar-refractivity contribution in [3.8, 4) is 0 Å². The molecule has 0 saturated carbocycles. The van der Waals surface area contributed by atoms with Gasteiger partial charge in [0.1, 0.15) is 0 Å². The van der Waals surface area contributed by atoms with Crippen LogP contribution in [0.1, 0.15) is 5.56 Å². The zero-order chi connectivity index (χ0) is 7.84. The number of benzene rings is 1. The fraction of sp³-hybridized carbons (Fsp3) is 0.125. The molecule has 1 nitrogen and oxygen atoms in total. The fourth-order valence-corrected chi connectivity index (χ4v) is 2.69. The van der Waals surface area contributed by atoms with E-state index in [9.17, 15) is 0 Å². The molecule has 1 aromatic carbocycles. The van der Waals surface area contributed by atoms with Crippen LogP contribution in [0.4, 0.5) is 0 Å². The number of hydrogen-bond acceptors (Lipinski definition) is 2. The van der Waals surface area contributed by atoms with E-state index in [0.717, 1.165) is 9.31 Å². The first kappa shape index (κ1) is 7.32. The van der Waals surface area contributed by atoms with Gasteiger partial charge in [-0.2, -0.15) is 0 Å². The van der Waals surface area contributed by atoms with Gasteiger partial charge >= 0.3 is 77.9 Å². The average molecular weight is 223 g/mol. The molecule has 0 spiro atoms. The molecule has 0 aliphatic rings. The number of fused-ring (bicyclic) bond motifs is 1. The number of para-hydroxylation sites is 1. The van der Waals surface area contributed by atoms with Crippen molar-refractivity contribution < 1.29 is 0 Å². The zero-order valence-electron chi connectivity index (χ0n) is 6.03. The Kier molecular flexibility index (Phi) is 1.74. The van der Waals surface area contributed by atoms with Crippen LogP contribution < -0.4 is 3.80 Å². The summed E-state index contributed by atoms with van der Waals surface area (Å²) in [6.45, 7) is 2.09. The summed E-state index contributed by atoms with van der Waals surface area (Å²) < 4.78 is 2.36. The molecule has 0 unspecified atom stereocenters. The molecule has 2 rings (SSSR count). The molecular weight excluding hydrogens is 217 g/mol. The maximum absolute atomic E-state index is 4.40. The van der Waals surface area contributed by atoms with Crippen LogP contribution in [-0.4, -0.2) is 21.8 Å².